The quantitative estimate of drug-likeness (QED) is 0.899. The molecule has 5 nitrogen and oxygen atoms in total. The van der Waals surface area contributed by atoms with E-state index in [-0.39, 0.29) is 30.6 Å². The van der Waals surface area contributed by atoms with Crippen molar-refractivity contribution in [3.8, 4) is 0 Å². The van der Waals surface area contributed by atoms with Crippen LogP contribution >= 0.6 is 0 Å². The van der Waals surface area contributed by atoms with E-state index in [1.807, 2.05) is 0 Å². The number of halogens is 1. The fourth-order valence-electron chi connectivity index (χ4n) is 2.63. The van der Waals surface area contributed by atoms with Crippen molar-refractivity contribution in [3.05, 3.63) is 35.6 Å². The van der Waals surface area contributed by atoms with Gasteiger partial charge in [0, 0.05) is 19.0 Å². The number of nitrogens with zero attached hydrogens (tertiary/aromatic N) is 1. The largest absolute Gasteiger partial charge is 0.481 e. The molecule has 0 aliphatic carbocycles. The number of benzene rings is 1. The smallest absolute Gasteiger partial charge is 0.306 e. The van der Waals surface area contributed by atoms with Crippen LogP contribution in [0.15, 0.2) is 24.3 Å². The van der Waals surface area contributed by atoms with Crippen molar-refractivity contribution >= 4 is 11.9 Å². The van der Waals surface area contributed by atoms with Crippen LogP contribution < -0.4 is 0 Å². The van der Waals surface area contributed by atoms with Crippen molar-refractivity contribution in [1.29, 1.82) is 0 Å². The van der Waals surface area contributed by atoms with Crippen LogP contribution in [-0.2, 0) is 20.7 Å². The highest BCUT2D eigenvalue weighted by Crippen LogP contribution is 2.17. The first-order valence-corrected chi connectivity index (χ1v) is 7.33. The lowest BCUT2D eigenvalue weighted by Crippen LogP contribution is -2.48. The minimum Gasteiger partial charge on any atom is -0.481 e. The lowest BCUT2D eigenvalue weighted by Gasteiger charge is -2.34. The van der Waals surface area contributed by atoms with Crippen molar-refractivity contribution in [2.75, 3.05) is 19.7 Å². The molecule has 1 amide bonds. The molecule has 2 rings (SSSR count). The number of carboxylic acids is 1. The molecule has 0 aromatic heterocycles. The Bertz CT molecular complexity index is 549. The standard InChI is InChI=1S/C16H20FNO4/c1-11(8-12-4-2-3-5-14(12)17)16(21)18-6-7-22-13(10-18)9-15(19)20/h2-5,11,13H,6-10H2,1H3,(H,19,20)/t11-,13-/m1/s1. The molecule has 0 bridgehead atoms. The predicted molar refractivity (Wildman–Crippen MR) is 77.8 cm³/mol. The van der Waals surface area contributed by atoms with Gasteiger partial charge in [-0.25, -0.2) is 4.39 Å². The van der Waals surface area contributed by atoms with Crippen LogP contribution in [0.25, 0.3) is 0 Å². The highest BCUT2D eigenvalue weighted by atomic mass is 19.1. The van der Waals surface area contributed by atoms with Gasteiger partial charge in [0.25, 0.3) is 0 Å². The van der Waals surface area contributed by atoms with Crippen LogP contribution in [0.5, 0.6) is 0 Å². The summed E-state index contributed by atoms with van der Waals surface area (Å²) in [5.74, 6) is -1.71. The number of carbonyl (C=O) groups is 2. The molecule has 6 heteroatoms. The number of ether oxygens (including phenoxy) is 1. The molecule has 0 unspecified atom stereocenters. The van der Waals surface area contributed by atoms with E-state index in [2.05, 4.69) is 0 Å². The second-order valence-corrected chi connectivity index (χ2v) is 5.57. The zero-order valence-corrected chi connectivity index (χ0v) is 12.5. The maximum Gasteiger partial charge on any atom is 0.306 e. The summed E-state index contributed by atoms with van der Waals surface area (Å²) in [5.41, 5.74) is 0.513. The van der Waals surface area contributed by atoms with Gasteiger partial charge in [-0.2, -0.15) is 0 Å². The number of amides is 1. The number of carboxylic acid groups (broad SMARTS) is 1. The van der Waals surface area contributed by atoms with Crippen molar-refractivity contribution in [2.45, 2.75) is 25.9 Å². The molecular formula is C16H20FNO4. The number of rotatable bonds is 5. The van der Waals surface area contributed by atoms with Gasteiger partial charge >= 0.3 is 5.97 Å². The topological polar surface area (TPSA) is 66.8 Å². The van der Waals surface area contributed by atoms with Crippen LogP contribution in [0.4, 0.5) is 4.39 Å². The summed E-state index contributed by atoms with van der Waals surface area (Å²) in [6.07, 6.45) is -0.270. The Labute approximate surface area is 128 Å². The average molecular weight is 309 g/mol. The molecule has 1 saturated heterocycles. The van der Waals surface area contributed by atoms with Crippen molar-refractivity contribution < 1.29 is 23.8 Å². The van der Waals surface area contributed by atoms with Crippen LogP contribution in [0.2, 0.25) is 0 Å². The van der Waals surface area contributed by atoms with Gasteiger partial charge in [-0.3, -0.25) is 9.59 Å². The first-order valence-electron chi connectivity index (χ1n) is 7.33. The maximum absolute atomic E-state index is 13.7. The molecule has 0 spiro atoms. The number of morpholine rings is 1. The molecular weight excluding hydrogens is 289 g/mol. The monoisotopic (exact) mass is 309 g/mol. The van der Waals surface area contributed by atoms with Gasteiger partial charge in [-0.15, -0.1) is 0 Å². The molecule has 0 saturated carbocycles. The third-order valence-corrected chi connectivity index (χ3v) is 3.76. The van der Waals surface area contributed by atoms with Gasteiger partial charge in [-0.1, -0.05) is 25.1 Å². The number of carbonyl (C=O) groups excluding carboxylic acids is 1. The second kappa shape index (κ2) is 7.35. The normalized spacial score (nSPS) is 19.7. The summed E-state index contributed by atoms with van der Waals surface area (Å²) in [5, 5.41) is 8.80. The third kappa shape index (κ3) is 4.27. The van der Waals surface area contributed by atoms with Crippen molar-refractivity contribution in [3.63, 3.8) is 0 Å². The van der Waals surface area contributed by atoms with E-state index >= 15 is 0 Å². The highest BCUT2D eigenvalue weighted by molar-refractivity contribution is 5.79. The summed E-state index contributed by atoms with van der Waals surface area (Å²) in [4.78, 5) is 24.8. The molecule has 1 aromatic carbocycles. The minimum absolute atomic E-state index is 0.0954. The van der Waals surface area contributed by atoms with E-state index in [0.29, 0.717) is 25.1 Å². The fourth-order valence-corrected chi connectivity index (χ4v) is 2.63. The zero-order chi connectivity index (χ0) is 16.1. The van der Waals surface area contributed by atoms with E-state index < -0.39 is 12.1 Å². The minimum atomic E-state index is -0.946. The lowest BCUT2D eigenvalue weighted by atomic mass is 9.99. The summed E-state index contributed by atoms with van der Waals surface area (Å²) in [7, 11) is 0. The Kier molecular flexibility index (Phi) is 5.49. The van der Waals surface area contributed by atoms with Crippen LogP contribution in [-0.4, -0.2) is 47.7 Å². The number of aliphatic carboxylic acids is 1. The molecule has 22 heavy (non-hydrogen) atoms. The van der Waals surface area contributed by atoms with Gasteiger partial charge in [0.05, 0.1) is 19.1 Å². The summed E-state index contributed by atoms with van der Waals surface area (Å²) in [6.45, 7) is 2.80. The third-order valence-electron chi connectivity index (χ3n) is 3.76. The molecule has 1 aliphatic heterocycles. The molecule has 1 heterocycles. The molecule has 1 N–H and O–H groups in total. The maximum atomic E-state index is 13.7. The Morgan fingerprint density at radius 3 is 2.86 bits per heavy atom. The molecule has 0 radical (unpaired) electrons. The van der Waals surface area contributed by atoms with Gasteiger partial charge in [0.1, 0.15) is 5.82 Å². The SMILES string of the molecule is C[C@H](Cc1ccccc1F)C(=O)N1CCO[C@H](CC(=O)O)C1. The summed E-state index contributed by atoms with van der Waals surface area (Å²) < 4.78 is 19.0. The van der Waals surface area contributed by atoms with Gasteiger partial charge in [0.15, 0.2) is 0 Å². The molecule has 120 valence electrons. The van der Waals surface area contributed by atoms with Crippen molar-refractivity contribution in [2.24, 2.45) is 5.92 Å². The average Bonchev–Trinajstić information content (AvgIpc) is 2.48. The van der Waals surface area contributed by atoms with Gasteiger partial charge < -0.3 is 14.7 Å². The Morgan fingerprint density at radius 1 is 1.45 bits per heavy atom. The first-order chi connectivity index (χ1) is 10.5. The summed E-state index contributed by atoms with van der Waals surface area (Å²) in [6, 6.07) is 6.41. The Morgan fingerprint density at radius 2 is 2.18 bits per heavy atom. The highest BCUT2D eigenvalue weighted by Gasteiger charge is 2.28. The molecule has 1 fully saturated rings. The van der Waals surface area contributed by atoms with E-state index in [9.17, 15) is 14.0 Å². The fraction of sp³-hybridized carbons (Fsp3) is 0.500. The molecule has 1 aliphatic rings. The lowest BCUT2D eigenvalue weighted by molar-refractivity contribution is -0.149. The Balaban J connectivity index is 1.95. The van der Waals surface area contributed by atoms with Crippen LogP contribution in [0.3, 0.4) is 0 Å². The van der Waals surface area contributed by atoms with Gasteiger partial charge in [-0.05, 0) is 18.1 Å². The number of hydrogen-bond donors (Lipinski definition) is 1. The zero-order valence-electron chi connectivity index (χ0n) is 12.5. The molecule has 2 atom stereocenters. The number of hydrogen-bond acceptors (Lipinski definition) is 3. The second-order valence-electron chi connectivity index (χ2n) is 5.57. The summed E-state index contributed by atoms with van der Waals surface area (Å²) >= 11 is 0. The van der Waals surface area contributed by atoms with Crippen molar-refractivity contribution in [1.82, 2.24) is 4.90 Å². The van der Waals surface area contributed by atoms with Crippen LogP contribution in [0.1, 0.15) is 18.9 Å². The van der Waals surface area contributed by atoms with Gasteiger partial charge in [0.2, 0.25) is 5.91 Å². The Hall–Kier alpha value is -1.95. The first kappa shape index (κ1) is 16.4. The van der Waals surface area contributed by atoms with E-state index in [1.165, 1.54) is 6.07 Å². The van der Waals surface area contributed by atoms with E-state index in [0.717, 1.165) is 0 Å². The van der Waals surface area contributed by atoms with E-state index in [1.54, 1.807) is 30.0 Å². The van der Waals surface area contributed by atoms with Crippen LogP contribution in [0, 0.1) is 11.7 Å². The molecule has 1 aromatic rings. The predicted octanol–water partition coefficient (Wildman–Crippen LogP) is 1.71. The van der Waals surface area contributed by atoms with E-state index in [4.69, 9.17) is 9.84 Å².